The molecule has 1 aromatic carbocycles. The standard InChI is InChI=1S/C7H8ClNO2S/c1-11-12(10)5-2-3-7(9)6(8)4-5/h2-4H,9H2,1H3. The Morgan fingerprint density at radius 1 is 1.58 bits per heavy atom. The van der Waals surface area contributed by atoms with Gasteiger partial charge in [-0.15, -0.1) is 0 Å². The fourth-order valence-corrected chi connectivity index (χ4v) is 1.54. The van der Waals surface area contributed by atoms with Crippen LogP contribution >= 0.6 is 11.6 Å². The second kappa shape index (κ2) is 3.89. The molecule has 12 heavy (non-hydrogen) atoms. The van der Waals surface area contributed by atoms with E-state index >= 15 is 0 Å². The van der Waals surface area contributed by atoms with E-state index in [-0.39, 0.29) is 0 Å². The zero-order valence-corrected chi connectivity index (χ0v) is 7.98. The van der Waals surface area contributed by atoms with E-state index in [0.717, 1.165) is 0 Å². The van der Waals surface area contributed by atoms with E-state index < -0.39 is 11.1 Å². The molecular weight excluding hydrogens is 198 g/mol. The van der Waals surface area contributed by atoms with Gasteiger partial charge in [-0.25, -0.2) is 4.21 Å². The molecule has 0 aromatic heterocycles. The molecule has 0 spiro atoms. The molecule has 0 radical (unpaired) electrons. The third-order valence-electron chi connectivity index (χ3n) is 1.32. The highest BCUT2D eigenvalue weighted by Crippen LogP contribution is 2.21. The average Bonchev–Trinajstić information content (AvgIpc) is 2.08. The first-order chi connectivity index (χ1) is 5.65. The Balaban J connectivity index is 3.05. The van der Waals surface area contributed by atoms with Crippen LogP contribution in [-0.2, 0) is 15.3 Å². The second-order valence-electron chi connectivity index (χ2n) is 2.08. The maximum Gasteiger partial charge on any atom is 0.188 e. The zero-order chi connectivity index (χ0) is 9.14. The molecule has 1 unspecified atom stereocenters. The lowest BCUT2D eigenvalue weighted by molar-refractivity contribution is 0.446. The minimum absolute atomic E-state index is 0.387. The molecule has 0 amide bonds. The van der Waals surface area contributed by atoms with Gasteiger partial charge in [-0.05, 0) is 18.2 Å². The minimum atomic E-state index is -1.45. The molecule has 0 saturated heterocycles. The molecule has 1 rings (SSSR count). The summed E-state index contributed by atoms with van der Waals surface area (Å²) in [4.78, 5) is 0.511. The van der Waals surface area contributed by atoms with E-state index in [2.05, 4.69) is 4.18 Å². The van der Waals surface area contributed by atoms with Crippen molar-refractivity contribution in [1.82, 2.24) is 0 Å². The van der Waals surface area contributed by atoms with Crippen LogP contribution in [0.25, 0.3) is 0 Å². The molecule has 5 heteroatoms. The quantitative estimate of drug-likeness (QED) is 0.747. The lowest BCUT2D eigenvalue weighted by atomic mass is 10.3. The van der Waals surface area contributed by atoms with Gasteiger partial charge in [-0.1, -0.05) is 11.6 Å². The Hall–Kier alpha value is -0.580. The molecular formula is C7H8ClNO2S. The smallest absolute Gasteiger partial charge is 0.188 e. The number of hydrogen-bond acceptors (Lipinski definition) is 3. The van der Waals surface area contributed by atoms with E-state index in [1.807, 2.05) is 0 Å². The van der Waals surface area contributed by atoms with Crippen LogP contribution in [0, 0.1) is 0 Å². The summed E-state index contributed by atoms with van der Waals surface area (Å²) in [5.74, 6) is 0. The van der Waals surface area contributed by atoms with Gasteiger partial charge < -0.3 is 5.73 Å². The molecule has 0 bridgehead atoms. The predicted octanol–water partition coefficient (Wildman–Crippen LogP) is 1.59. The number of hydrogen-bond donors (Lipinski definition) is 1. The maximum absolute atomic E-state index is 11.1. The van der Waals surface area contributed by atoms with Gasteiger partial charge in [-0.2, -0.15) is 0 Å². The average molecular weight is 206 g/mol. The number of benzene rings is 1. The fraction of sp³-hybridized carbons (Fsp3) is 0.143. The van der Waals surface area contributed by atoms with Crippen LogP contribution in [0.5, 0.6) is 0 Å². The highest BCUT2D eigenvalue weighted by Gasteiger charge is 2.04. The zero-order valence-electron chi connectivity index (χ0n) is 6.41. The van der Waals surface area contributed by atoms with Crippen molar-refractivity contribution in [2.24, 2.45) is 0 Å². The van der Waals surface area contributed by atoms with Crippen LogP contribution in [0.3, 0.4) is 0 Å². The number of nitrogens with two attached hydrogens (primary N) is 1. The maximum atomic E-state index is 11.1. The van der Waals surface area contributed by atoms with Gasteiger partial charge in [0.1, 0.15) is 0 Å². The van der Waals surface area contributed by atoms with Crippen molar-refractivity contribution in [1.29, 1.82) is 0 Å². The van der Waals surface area contributed by atoms with Crippen molar-refractivity contribution >= 4 is 28.4 Å². The molecule has 0 aliphatic carbocycles. The van der Waals surface area contributed by atoms with Crippen molar-refractivity contribution in [3.63, 3.8) is 0 Å². The topological polar surface area (TPSA) is 52.3 Å². The number of halogens is 1. The summed E-state index contributed by atoms with van der Waals surface area (Å²) < 4.78 is 15.7. The summed E-state index contributed by atoms with van der Waals surface area (Å²) in [5, 5.41) is 0.387. The molecule has 0 saturated carbocycles. The van der Waals surface area contributed by atoms with Crippen molar-refractivity contribution in [2.45, 2.75) is 4.90 Å². The number of rotatable bonds is 2. The molecule has 3 nitrogen and oxygen atoms in total. The van der Waals surface area contributed by atoms with Gasteiger partial charge in [0.25, 0.3) is 0 Å². The van der Waals surface area contributed by atoms with Crippen LogP contribution in [0.4, 0.5) is 5.69 Å². The van der Waals surface area contributed by atoms with Crippen LogP contribution in [0.2, 0.25) is 5.02 Å². The molecule has 66 valence electrons. The van der Waals surface area contributed by atoms with E-state index in [1.54, 1.807) is 12.1 Å². The summed E-state index contributed by atoms with van der Waals surface area (Å²) in [5.41, 5.74) is 5.92. The Kier molecular flexibility index (Phi) is 3.08. The third-order valence-corrected chi connectivity index (χ3v) is 2.58. The Labute approximate surface area is 78.1 Å². The first-order valence-electron chi connectivity index (χ1n) is 3.16. The monoisotopic (exact) mass is 205 g/mol. The molecule has 0 aliphatic rings. The van der Waals surface area contributed by atoms with Gasteiger partial charge in [0, 0.05) is 0 Å². The molecule has 2 N–H and O–H groups in total. The summed E-state index contributed by atoms with van der Waals surface area (Å²) in [6, 6.07) is 4.73. The summed E-state index contributed by atoms with van der Waals surface area (Å²) in [7, 11) is 1.36. The molecule has 1 atom stereocenters. The Morgan fingerprint density at radius 3 is 2.75 bits per heavy atom. The Bertz CT molecular complexity index is 316. The van der Waals surface area contributed by atoms with Crippen molar-refractivity contribution in [3.8, 4) is 0 Å². The van der Waals surface area contributed by atoms with Gasteiger partial charge in [0.2, 0.25) is 0 Å². The molecule has 0 heterocycles. The lowest BCUT2D eigenvalue weighted by Crippen LogP contribution is -1.94. The second-order valence-corrected chi connectivity index (χ2v) is 3.77. The molecule has 1 aromatic rings. The van der Waals surface area contributed by atoms with E-state index in [4.69, 9.17) is 17.3 Å². The van der Waals surface area contributed by atoms with Crippen molar-refractivity contribution < 1.29 is 8.39 Å². The van der Waals surface area contributed by atoms with E-state index in [1.165, 1.54) is 13.2 Å². The number of anilines is 1. The molecule has 0 aliphatic heterocycles. The van der Waals surface area contributed by atoms with Crippen LogP contribution < -0.4 is 5.73 Å². The van der Waals surface area contributed by atoms with Gasteiger partial charge >= 0.3 is 0 Å². The van der Waals surface area contributed by atoms with Crippen LogP contribution in [0.1, 0.15) is 0 Å². The summed E-state index contributed by atoms with van der Waals surface area (Å²) in [6.07, 6.45) is 0. The van der Waals surface area contributed by atoms with Gasteiger partial charge in [0.15, 0.2) is 11.1 Å². The van der Waals surface area contributed by atoms with Crippen molar-refractivity contribution in [3.05, 3.63) is 23.2 Å². The Morgan fingerprint density at radius 2 is 2.25 bits per heavy atom. The van der Waals surface area contributed by atoms with Gasteiger partial charge in [0.05, 0.1) is 22.7 Å². The fourth-order valence-electron chi connectivity index (χ4n) is 0.708. The highest BCUT2D eigenvalue weighted by molar-refractivity contribution is 7.80. The highest BCUT2D eigenvalue weighted by atomic mass is 35.5. The first kappa shape index (κ1) is 9.51. The third kappa shape index (κ3) is 1.97. The van der Waals surface area contributed by atoms with Crippen molar-refractivity contribution in [2.75, 3.05) is 12.8 Å². The minimum Gasteiger partial charge on any atom is -0.398 e. The normalized spacial score (nSPS) is 12.8. The van der Waals surface area contributed by atoms with E-state index in [9.17, 15) is 4.21 Å². The predicted molar refractivity (Wildman–Crippen MR) is 49.3 cm³/mol. The molecule has 0 fully saturated rings. The summed E-state index contributed by atoms with van der Waals surface area (Å²) >= 11 is 4.25. The van der Waals surface area contributed by atoms with E-state index in [0.29, 0.717) is 15.6 Å². The number of nitrogen functional groups attached to an aromatic ring is 1. The van der Waals surface area contributed by atoms with Crippen LogP contribution in [0.15, 0.2) is 23.1 Å². The summed E-state index contributed by atoms with van der Waals surface area (Å²) in [6.45, 7) is 0. The van der Waals surface area contributed by atoms with Crippen LogP contribution in [-0.4, -0.2) is 11.3 Å². The largest absolute Gasteiger partial charge is 0.398 e. The SMILES string of the molecule is COS(=O)c1ccc(N)c(Cl)c1. The lowest BCUT2D eigenvalue weighted by Gasteiger charge is -2.01. The van der Waals surface area contributed by atoms with Gasteiger partial charge in [-0.3, -0.25) is 4.18 Å². The first-order valence-corrected chi connectivity index (χ1v) is 4.61.